The van der Waals surface area contributed by atoms with Crippen LogP contribution in [0.2, 0.25) is 0 Å². The van der Waals surface area contributed by atoms with Gasteiger partial charge in [-0.3, -0.25) is 0 Å². The van der Waals surface area contributed by atoms with Crippen molar-refractivity contribution >= 4 is 11.6 Å². The highest BCUT2D eigenvalue weighted by atomic mass is 35.5. The van der Waals surface area contributed by atoms with Gasteiger partial charge in [-0.25, -0.2) is 0 Å². The van der Waals surface area contributed by atoms with Gasteiger partial charge in [-0.15, -0.1) is 11.6 Å². The third-order valence-electron chi connectivity index (χ3n) is 4.95. The van der Waals surface area contributed by atoms with E-state index in [1.807, 2.05) is 13.0 Å². The second-order valence-corrected chi connectivity index (χ2v) is 7.37. The van der Waals surface area contributed by atoms with Gasteiger partial charge in [-0.1, -0.05) is 23.8 Å². The predicted octanol–water partition coefficient (Wildman–Crippen LogP) is 5.72. The lowest BCUT2D eigenvalue weighted by molar-refractivity contribution is 0.335. The summed E-state index contributed by atoms with van der Waals surface area (Å²) in [6.07, 6.45) is 1.84. The summed E-state index contributed by atoms with van der Waals surface area (Å²) < 4.78 is 16.6. The van der Waals surface area contributed by atoms with Gasteiger partial charge in [0.05, 0.1) is 19.8 Å². The highest BCUT2D eigenvalue weighted by molar-refractivity contribution is 6.19. The smallest absolute Gasteiger partial charge is 0.170 e. The third-order valence-corrected chi connectivity index (χ3v) is 5.37. The number of halogens is 1. The van der Waals surface area contributed by atoms with E-state index < -0.39 is 0 Å². The minimum absolute atomic E-state index is 0.0811. The van der Waals surface area contributed by atoms with E-state index in [2.05, 4.69) is 0 Å². The van der Waals surface area contributed by atoms with E-state index in [4.69, 9.17) is 25.8 Å². The Morgan fingerprint density at radius 2 is 1.59 bits per heavy atom. The van der Waals surface area contributed by atoms with Crippen LogP contribution in [0.3, 0.4) is 0 Å². The van der Waals surface area contributed by atoms with Crippen LogP contribution in [0.1, 0.15) is 6.92 Å². The van der Waals surface area contributed by atoms with Crippen LogP contribution < -0.4 is 14.2 Å². The number of rotatable bonds is 8. The molecule has 0 spiro atoms. The van der Waals surface area contributed by atoms with Crippen LogP contribution in [0.15, 0.2) is 60.2 Å². The Hall–Kier alpha value is -3.51. The standard InChI is InChI=1S/C25H25ClO6/c1-15(14-26)10-11-32-21-9-6-17(12-20(21)28)23-22(30-2)13-19(25(31-3)24(23)29)16-4-7-18(27)8-5-16/h4-10,12-13,27-29H,11,14H2,1-3H3/b15-10+. The second kappa shape index (κ2) is 10.2. The molecule has 0 saturated carbocycles. The average Bonchev–Trinajstić information content (AvgIpc) is 2.79. The molecular formula is C25H25ClO6. The van der Waals surface area contributed by atoms with Crippen molar-refractivity contribution in [2.24, 2.45) is 0 Å². The number of phenolic OH excluding ortho intramolecular Hbond substituents is 3. The number of benzene rings is 3. The fraction of sp³-hybridized carbons (Fsp3) is 0.200. The first-order valence-electron chi connectivity index (χ1n) is 9.84. The Kier molecular flexibility index (Phi) is 7.38. The molecule has 0 fully saturated rings. The van der Waals surface area contributed by atoms with Crippen molar-refractivity contribution in [3.8, 4) is 56.8 Å². The van der Waals surface area contributed by atoms with Crippen molar-refractivity contribution in [3.05, 3.63) is 60.2 Å². The van der Waals surface area contributed by atoms with Gasteiger partial charge in [-0.2, -0.15) is 0 Å². The molecule has 7 heteroatoms. The zero-order valence-corrected chi connectivity index (χ0v) is 18.8. The molecule has 0 amide bonds. The van der Waals surface area contributed by atoms with Gasteiger partial charge in [0.1, 0.15) is 18.1 Å². The zero-order valence-electron chi connectivity index (χ0n) is 18.1. The summed E-state index contributed by atoms with van der Waals surface area (Å²) in [5.41, 5.74) is 3.18. The fourth-order valence-electron chi connectivity index (χ4n) is 3.25. The molecule has 0 saturated heterocycles. The summed E-state index contributed by atoms with van der Waals surface area (Å²) >= 11 is 5.75. The SMILES string of the molecule is COc1cc(-c2ccc(O)cc2)c(OC)c(O)c1-c1ccc(OC/C=C(\C)CCl)c(O)c1. The van der Waals surface area contributed by atoms with Gasteiger partial charge in [0.2, 0.25) is 0 Å². The van der Waals surface area contributed by atoms with Crippen molar-refractivity contribution in [1.82, 2.24) is 0 Å². The molecule has 0 aromatic heterocycles. The molecule has 0 unspecified atom stereocenters. The van der Waals surface area contributed by atoms with Gasteiger partial charge in [0.25, 0.3) is 0 Å². The summed E-state index contributed by atoms with van der Waals surface area (Å²) in [7, 11) is 2.95. The van der Waals surface area contributed by atoms with Crippen molar-refractivity contribution in [3.63, 3.8) is 0 Å². The lowest BCUT2D eigenvalue weighted by Gasteiger charge is -2.18. The molecule has 32 heavy (non-hydrogen) atoms. The quantitative estimate of drug-likeness (QED) is 0.297. The molecule has 3 aromatic carbocycles. The maximum atomic E-state index is 11.1. The molecule has 0 aliphatic carbocycles. The van der Waals surface area contributed by atoms with Crippen molar-refractivity contribution in [2.45, 2.75) is 6.92 Å². The Morgan fingerprint density at radius 3 is 2.19 bits per heavy atom. The number of aromatic hydroxyl groups is 3. The molecule has 3 aromatic rings. The van der Waals surface area contributed by atoms with Crippen molar-refractivity contribution in [1.29, 1.82) is 0 Å². The summed E-state index contributed by atoms with van der Waals surface area (Å²) in [6, 6.07) is 13.1. The topological polar surface area (TPSA) is 88.4 Å². The number of methoxy groups -OCH3 is 2. The summed E-state index contributed by atoms with van der Waals surface area (Å²) in [5, 5.41) is 31.1. The fourth-order valence-corrected chi connectivity index (χ4v) is 3.36. The summed E-state index contributed by atoms with van der Waals surface area (Å²) in [4.78, 5) is 0. The molecule has 168 valence electrons. The maximum Gasteiger partial charge on any atom is 0.170 e. The van der Waals surface area contributed by atoms with Crippen LogP contribution in [0.5, 0.6) is 34.5 Å². The lowest BCUT2D eigenvalue weighted by atomic mass is 9.96. The Balaban J connectivity index is 2.04. The minimum atomic E-state index is -0.135. The Bertz CT molecular complexity index is 1120. The summed E-state index contributed by atoms with van der Waals surface area (Å²) in [6.45, 7) is 2.17. The molecular weight excluding hydrogens is 432 g/mol. The zero-order chi connectivity index (χ0) is 23.3. The van der Waals surface area contributed by atoms with E-state index in [-0.39, 0.29) is 29.6 Å². The van der Waals surface area contributed by atoms with Crippen LogP contribution in [0.25, 0.3) is 22.3 Å². The van der Waals surface area contributed by atoms with Gasteiger partial charge >= 0.3 is 0 Å². The van der Waals surface area contributed by atoms with E-state index in [1.54, 1.807) is 42.5 Å². The first-order valence-corrected chi connectivity index (χ1v) is 10.4. The van der Waals surface area contributed by atoms with Gasteiger partial charge in [-0.05, 0) is 54.5 Å². The second-order valence-electron chi connectivity index (χ2n) is 7.11. The van der Waals surface area contributed by atoms with E-state index in [0.29, 0.717) is 34.1 Å². The number of phenols is 3. The molecule has 0 aliphatic rings. The average molecular weight is 457 g/mol. The van der Waals surface area contributed by atoms with E-state index >= 15 is 0 Å². The number of allylic oxidation sites excluding steroid dienone is 1. The van der Waals surface area contributed by atoms with Crippen molar-refractivity contribution in [2.75, 3.05) is 26.7 Å². The van der Waals surface area contributed by atoms with E-state index in [0.717, 1.165) is 11.1 Å². The lowest BCUT2D eigenvalue weighted by Crippen LogP contribution is -1.97. The molecule has 6 nitrogen and oxygen atoms in total. The number of ether oxygens (including phenoxy) is 3. The molecule has 3 rings (SSSR count). The number of hydrogen-bond donors (Lipinski definition) is 3. The summed E-state index contributed by atoms with van der Waals surface area (Å²) in [5.74, 6) is 1.26. The molecule has 0 heterocycles. The number of hydrogen-bond acceptors (Lipinski definition) is 6. The van der Waals surface area contributed by atoms with E-state index in [9.17, 15) is 15.3 Å². The van der Waals surface area contributed by atoms with Crippen LogP contribution in [0.4, 0.5) is 0 Å². The molecule has 0 radical (unpaired) electrons. The van der Waals surface area contributed by atoms with Crippen molar-refractivity contribution < 1.29 is 29.5 Å². The highest BCUT2D eigenvalue weighted by Crippen LogP contribution is 2.50. The van der Waals surface area contributed by atoms with Gasteiger partial charge in [0, 0.05) is 11.4 Å². The van der Waals surface area contributed by atoms with Gasteiger partial charge in [0.15, 0.2) is 23.0 Å². The minimum Gasteiger partial charge on any atom is -0.508 e. The number of alkyl halides is 1. The van der Waals surface area contributed by atoms with Crippen LogP contribution in [0, 0.1) is 0 Å². The molecule has 0 bridgehead atoms. The largest absolute Gasteiger partial charge is 0.508 e. The third kappa shape index (κ3) is 4.86. The van der Waals surface area contributed by atoms with E-state index in [1.165, 1.54) is 20.3 Å². The Labute approximate surface area is 191 Å². The Morgan fingerprint density at radius 1 is 0.906 bits per heavy atom. The molecule has 0 atom stereocenters. The normalized spacial score (nSPS) is 11.3. The monoisotopic (exact) mass is 456 g/mol. The first-order chi connectivity index (χ1) is 15.4. The van der Waals surface area contributed by atoms with Crippen LogP contribution in [-0.4, -0.2) is 42.0 Å². The van der Waals surface area contributed by atoms with Crippen LogP contribution in [-0.2, 0) is 0 Å². The molecule has 3 N–H and O–H groups in total. The first kappa shape index (κ1) is 23.2. The molecule has 0 aliphatic heterocycles. The highest BCUT2D eigenvalue weighted by Gasteiger charge is 2.22. The van der Waals surface area contributed by atoms with Crippen LogP contribution >= 0.6 is 11.6 Å². The predicted molar refractivity (Wildman–Crippen MR) is 125 cm³/mol. The van der Waals surface area contributed by atoms with Gasteiger partial charge < -0.3 is 29.5 Å². The maximum absolute atomic E-state index is 11.1.